The average Bonchev–Trinajstić information content (AvgIpc) is 2.12. The molecule has 1 unspecified atom stereocenters. The third kappa shape index (κ3) is 5.75. The van der Waals surface area contributed by atoms with E-state index < -0.39 is 0 Å². The Morgan fingerprint density at radius 1 is 1.57 bits per heavy atom. The van der Waals surface area contributed by atoms with Crippen LogP contribution in [0.4, 0.5) is 0 Å². The maximum Gasteiger partial charge on any atom is 0.236 e. The van der Waals surface area contributed by atoms with Crippen LogP contribution in [-0.2, 0) is 4.79 Å². The third-order valence-electron chi connectivity index (χ3n) is 2.15. The number of carbonyl (C=O) groups is 1. The molecule has 1 N–H and O–H groups in total. The molecule has 0 rings (SSSR count). The van der Waals surface area contributed by atoms with Crippen molar-refractivity contribution in [1.82, 2.24) is 10.2 Å². The van der Waals surface area contributed by atoms with Crippen LogP contribution >= 0.6 is 0 Å². The monoisotopic (exact) mass is 198 g/mol. The van der Waals surface area contributed by atoms with Crippen LogP contribution in [0.15, 0.2) is 12.2 Å². The number of nitrogens with zero attached hydrogens (tertiary/aromatic N) is 1. The summed E-state index contributed by atoms with van der Waals surface area (Å²) >= 11 is 0. The highest BCUT2D eigenvalue weighted by molar-refractivity contribution is 5.78. The molecule has 14 heavy (non-hydrogen) atoms. The van der Waals surface area contributed by atoms with Crippen LogP contribution in [0, 0.1) is 0 Å². The molecule has 0 aromatic carbocycles. The Morgan fingerprint density at radius 2 is 2.14 bits per heavy atom. The van der Waals surface area contributed by atoms with Crippen molar-refractivity contribution in [3.05, 3.63) is 12.2 Å². The van der Waals surface area contributed by atoms with Crippen LogP contribution in [0.25, 0.3) is 0 Å². The first-order valence-electron chi connectivity index (χ1n) is 5.09. The van der Waals surface area contributed by atoms with E-state index in [1.165, 1.54) is 0 Å². The summed E-state index contributed by atoms with van der Waals surface area (Å²) in [6.07, 6.45) is 1.04. The lowest BCUT2D eigenvalue weighted by atomic mass is 10.2. The van der Waals surface area contributed by atoms with E-state index in [1.807, 2.05) is 6.92 Å². The number of amides is 1. The van der Waals surface area contributed by atoms with Gasteiger partial charge >= 0.3 is 0 Å². The van der Waals surface area contributed by atoms with E-state index in [9.17, 15) is 4.79 Å². The number of rotatable bonds is 6. The topological polar surface area (TPSA) is 32.3 Å². The summed E-state index contributed by atoms with van der Waals surface area (Å²) in [5.74, 6) is 0.119. The van der Waals surface area contributed by atoms with Gasteiger partial charge in [-0.1, -0.05) is 19.1 Å². The molecule has 0 saturated heterocycles. The van der Waals surface area contributed by atoms with Crippen LogP contribution in [-0.4, -0.2) is 37.0 Å². The van der Waals surface area contributed by atoms with Crippen molar-refractivity contribution in [1.29, 1.82) is 0 Å². The van der Waals surface area contributed by atoms with Gasteiger partial charge in [0, 0.05) is 19.6 Å². The van der Waals surface area contributed by atoms with Crippen LogP contribution in [0.1, 0.15) is 27.2 Å². The van der Waals surface area contributed by atoms with Crippen LogP contribution in [0.3, 0.4) is 0 Å². The van der Waals surface area contributed by atoms with Crippen molar-refractivity contribution in [3.63, 3.8) is 0 Å². The molecule has 0 saturated carbocycles. The first kappa shape index (κ1) is 13.2. The van der Waals surface area contributed by atoms with Gasteiger partial charge in [0.2, 0.25) is 5.91 Å². The molecule has 0 aromatic heterocycles. The fourth-order valence-corrected chi connectivity index (χ4v) is 1.03. The largest absolute Gasteiger partial charge is 0.341 e. The minimum atomic E-state index is 0.119. The van der Waals surface area contributed by atoms with E-state index >= 15 is 0 Å². The predicted molar refractivity (Wildman–Crippen MR) is 60.2 cm³/mol. The molecule has 82 valence electrons. The molecule has 0 spiro atoms. The van der Waals surface area contributed by atoms with Gasteiger partial charge < -0.3 is 10.2 Å². The summed E-state index contributed by atoms with van der Waals surface area (Å²) in [5.41, 5.74) is 1.00. The van der Waals surface area contributed by atoms with Crippen molar-refractivity contribution in [3.8, 4) is 0 Å². The molecule has 3 nitrogen and oxygen atoms in total. The molecule has 0 aliphatic carbocycles. The lowest BCUT2D eigenvalue weighted by Gasteiger charge is -2.19. The highest BCUT2D eigenvalue weighted by atomic mass is 16.2. The van der Waals surface area contributed by atoms with E-state index in [1.54, 1.807) is 11.9 Å². The quantitative estimate of drug-likeness (QED) is 0.654. The molecule has 0 heterocycles. The van der Waals surface area contributed by atoms with Gasteiger partial charge in [-0.05, 0) is 20.3 Å². The third-order valence-corrected chi connectivity index (χ3v) is 2.15. The fraction of sp³-hybridized carbons (Fsp3) is 0.727. The number of hydrogen-bond donors (Lipinski definition) is 1. The Balaban J connectivity index is 3.78. The molecule has 0 aliphatic heterocycles. The summed E-state index contributed by atoms with van der Waals surface area (Å²) in [5, 5.41) is 3.17. The Bertz CT molecular complexity index is 201. The lowest BCUT2D eigenvalue weighted by molar-refractivity contribution is -0.128. The van der Waals surface area contributed by atoms with E-state index in [-0.39, 0.29) is 5.91 Å². The highest BCUT2D eigenvalue weighted by Crippen LogP contribution is 1.93. The number of carbonyl (C=O) groups excluding carboxylic acids is 1. The SMILES string of the molecule is C=C(C)CN(C)C(=O)CNC(C)CC. The van der Waals surface area contributed by atoms with Crippen molar-refractivity contribution in [2.24, 2.45) is 0 Å². The number of hydrogen-bond acceptors (Lipinski definition) is 2. The lowest BCUT2D eigenvalue weighted by Crippen LogP contribution is -2.39. The van der Waals surface area contributed by atoms with Gasteiger partial charge in [-0.2, -0.15) is 0 Å². The second-order valence-electron chi connectivity index (χ2n) is 3.90. The molecule has 0 bridgehead atoms. The smallest absolute Gasteiger partial charge is 0.236 e. The first-order valence-corrected chi connectivity index (χ1v) is 5.09. The number of nitrogens with one attached hydrogen (secondary N) is 1. The summed E-state index contributed by atoms with van der Waals surface area (Å²) in [6, 6.07) is 0.400. The normalized spacial score (nSPS) is 12.3. The van der Waals surface area contributed by atoms with Crippen molar-refractivity contribution in [2.45, 2.75) is 33.2 Å². The Labute approximate surface area is 87.2 Å². The molecule has 0 radical (unpaired) electrons. The van der Waals surface area contributed by atoms with E-state index in [0.29, 0.717) is 19.1 Å². The average molecular weight is 198 g/mol. The molecule has 0 aromatic rings. The summed E-state index contributed by atoms with van der Waals surface area (Å²) < 4.78 is 0. The predicted octanol–water partition coefficient (Wildman–Crippen LogP) is 1.41. The summed E-state index contributed by atoms with van der Waals surface area (Å²) in [7, 11) is 1.80. The molecular weight excluding hydrogens is 176 g/mol. The molecule has 1 amide bonds. The Kier molecular flexibility index (Phi) is 6.21. The van der Waals surface area contributed by atoms with Crippen LogP contribution in [0.2, 0.25) is 0 Å². The number of likely N-dealkylation sites (N-methyl/N-ethyl adjacent to an activating group) is 1. The molecular formula is C11H22N2O. The minimum Gasteiger partial charge on any atom is -0.341 e. The van der Waals surface area contributed by atoms with Crippen molar-refractivity contribution < 1.29 is 4.79 Å². The minimum absolute atomic E-state index is 0.119. The highest BCUT2D eigenvalue weighted by Gasteiger charge is 2.08. The Hall–Kier alpha value is -0.830. The van der Waals surface area contributed by atoms with E-state index in [4.69, 9.17) is 0 Å². The molecule has 0 fully saturated rings. The van der Waals surface area contributed by atoms with Crippen LogP contribution in [0.5, 0.6) is 0 Å². The van der Waals surface area contributed by atoms with Gasteiger partial charge in [0.1, 0.15) is 0 Å². The maximum absolute atomic E-state index is 11.5. The van der Waals surface area contributed by atoms with E-state index in [0.717, 1.165) is 12.0 Å². The zero-order chi connectivity index (χ0) is 11.1. The van der Waals surface area contributed by atoms with Crippen LogP contribution < -0.4 is 5.32 Å². The van der Waals surface area contributed by atoms with Gasteiger partial charge in [0.05, 0.1) is 6.54 Å². The molecule has 0 aliphatic rings. The second kappa shape index (κ2) is 6.60. The molecule has 1 atom stereocenters. The van der Waals surface area contributed by atoms with Gasteiger partial charge in [0.15, 0.2) is 0 Å². The summed E-state index contributed by atoms with van der Waals surface area (Å²) in [4.78, 5) is 13.2. The van der Waals surface area contributed by atoms with E-state index in [2.05, 4.69) is 25.7 Å². The molecule has 3 heteroatoms. The fourth-order valence-electron chi connectivity index (χ4n) is 1.03. The Morgan fingerprint density at radius 3 is 2.57 bits per heavy atom. The van der Waals surface area contributed by atoms with Gasteiger partial charge in [-0.15, -0.1) is 0 Å². The zero-order valence-corrected chi connectivity index (χ0v) is 9.76. The van der Waals surface area contributed by atoms with Crippen molar-refractivity contribution in [2.75, 3.05) is 20.1 Å². The zero-order valence-electron chi connectivity index (χ0n) is 9.76. The standard InChI is InChI=1S/C11H22N2O/c1-6-10(4)12-7-11(14)13(5)8-9(2)3/h10,12H,2,6-8H2,1,3-5H3. The van der Waals surface area contributed by atoms with Gasteiger partial charge in [-0.25, -0.2) is 0 Å². The second-order valence-corrected chi connectivity index (χ2v) is 3.90. The first-order chi connectivity index (χ1) is 6.47. The van der Waals surface area contributed by atoms with Gasteiger partial charge in [0.25, 0.3) is 0 Å². The maximum atomic E-state index is 11.5. The van der Waals surface area contributed by atoms with Crippen molar-refractivity contribution >= 4 is 5.91 Å². The summed E-state index contributed by atoms with van der Waals surface area (Å²) in [6.45, 7) is 10.9. The van der Waals surface area contributed by atoms with Gasteiger partial charge in [-0.3, -0.25) is 4.79 Å².